The SMILES string of the molecule is COC(=O)C12CCCC1(OC)C(C(C)(C)C)=NO2. The van der Waals surface area contributed by atoms with E-state index in [-0.39, 0.29) is 5.41 Å². The van der Waals surface area contributed by atoms with Crippen LogP contribution in [-0.2, 0) is 19.1 Å². The number of oxime groups is 1. The van der Waals surface area contributed by atoms with Crippen molar-refractivity contribution in [3.8, 4) is 0 Å². The maximum absolute atomic E-state index is 12.2. The van der Waals surface area contributed by atoms with Crippen LogP contribution in [0, 0.1) is 5.41 Å². The van der Waals surface area contributed by atoms with E-state index in [0.717, 1.165) is 18.6 Å². The van der Waals surface area contributed by atoms with Gasteiger partial charge in [0.1, 0.15) is 0 Å². The van der Waals surface area contributed by atoms with Gasteiger partial charge in [0.05, 0.1) is 12.8 Å². The predicted molar refractivity (Wildman–Crippen MR) is 66.3 cm³/mol. The molecule has 0 N–H and O–H groups in total. The van der Waals surface area contributed by atoms with Crippen molar-refractivity contribution >= 4 is 11.7 Å². The summed E-state index contributed by atoms with van der Waals surface area (Å²) in [5.41, 5.74) is -1.30. The van der Waals surface area contributed by atoms with Gasteiger partial charge in [0.15, 0.2) is 5.60 Å². The van der Waals surface area contributed by atoms with Gasteiger partial charge in [0, 0.05) is 18.9 Å². The van der Waals surface area contributed by atoms with Gasteiger partial charge in [0.25, 0.3) is 5.60 Å². The van der Waals surface area contributed by atoms with Crippen molar-refractivity contribution in [1.29, 1.82) is 0 Å². The number of hydrogen-bond acceptors (Lipinski definition) is 5. The van der Waals surface area contributed by atoms with Crippen LogP contribution in [0.25, 0.3) is 0 Å². The molecule has 0 radical (unpaired) electrons. The molecule has 2 aliphatic rings. The summed E-state index contributed by atoms with van der Waals surface area (Å²) in [6.07, 6.45) is 2.17. The smallest absolute Gasteiger partial charge is 0.356 e. The summed E-state index contributed by atoms with van der Waals surface area (Å²) in [6.45, 7) is 6.13. The largest absolute Gasteiger partial charge is 0.466 e. The number of ether oxygens (including phenoxy) is 2. The van der Waals surface area contributed by atoms with E-state index in [4.69, 9.17) is 14.3 Å². The highest BCUT2D eigenvalue weighted by molar-refractivity contribution is 6.04. The summed E-state index contributed by atoms with van der Waals surface area (Å²) in [4.78, 5) is 17.7. The Morgan fingerprint density at radius 1 is 1.33 bits per heavy atom. The maximum Gasteiger partial charge on any atom is 0.356 e. The molecule has 2 unspecified atom stereocenters. The molecule has 5 heteroatoms. The monoisotopic (exact) mass is 255 g/mol. The zero-order valence-electron chi connectivity index (χ0n) is 11.7. The Labute approximate surface area is 107 Å². The molecule has 18 heavy (non-hydrogen) atoms. The van der Waals surface area contributed by atoms with Crippen LogP contribution < -0.4 is 0 Å². The number of nitrogens with zero attached hydrogens (tertiary/aromatic N) is 1. The van der Waals surface area contributed by atoms with Crippen LogP contribution >= 0.6 is 0 Å². The van der Waals surface area contributed by atoms with Crippen LogP contribution in [-0.4, -0.2) is 37.1 Å². The highest BCUT2D eigenvalue weighted by atomic mass is 16.7. The zero-order valence-corrected chi connectivity index (χ0v) is 11.7. The minimum atomic E-state index is -1.10. The summed E-state index contributed by atoms with van der Waals surface area (Å²) in [6, 6.07) is 0. The molecule has 1 heterocycles. The first-order valence-electron chi connectivity index (χ1n) is 6.25. The topological polar surface area (TPSA) is 57.1 Å². The van der Waals surface area contributed by atoms with Crippen LogP contribution in [0.3, 0.4) is 0 Å². The lowest BCUT2D eigenvalue weighted by Crippen LogP contribution is -2.60. The highest BCUT2D eigenvalue weighted by Gasteiger charge is 2.71. The Hall–Kier alpha value is -1.10. The third-order valence-corrected chi connectivity index (χ3v) is 3.96. The third-order valence-electron chi connectivity index (χ3n) is 3.96. The normalized spacial score (nSPS) is 34.8. The molecular formula is C13H21NO4. The number of carbonyl (C=O) groups excluding carboxylic acids is 1. The Balaban J connectivity index is 2.51. The fourth-order valence-electron chi connectivity index (χ4n) is 3.19. The van der Waals surface area contributed by atoms with Gasteiger partial charge in [-0.3, -0.25) is 0 Å². The fraction of sp³-hybridized carbons (Fsp3) is 0.846. The number of hydrogen-bond donors (Lipinski definition) is 0. The Kier molecular flexibility index (Phi) is 2.93. The molecule has 102 valence electrons. The van der Waals surface area contributed by atoms with Gasteiger partial charge in [-0.1, -0.05) is 25.9 Å². The molecule has 2 atom stereocenters. The molecule has 0 saturated heterocycles. The molecule has 0 spiro atoms. The highest BCUT2D eigenvalue weighted by Crippen LogP contribution is 2.52. The quantitative estimate of drug-likeness (QED) is 0.707. The van der Waals surface area contributed by atoms with Crippen molar-refractivity contribution in [1.82, 2.24) is 0 Å². The Morgan fingerprint density at radius 3 is 2.50 bits per heavy atom. The van der Waals surface area contributed by atoms with Gasteiger partial charge in [-0.25, -0.2) is 4.79 Å². The van der Waals surface area contributed by atoms with Crippen molar-refractivity contribution in [3.63, 3.8) is 0 Å². The van der Waals surface area contributed by atoms with Crippen LogP contribution in [0.1, 0.15) is 40.0 Å². The molecule has 0 aromatic rings. The summed E-state index contributed by atoms with van der Waals surface area (Å²) in [5, 5.41) is 4.17. The second-order valence-electron chi connectivity index (χ2n) is 5.98. The standard InChI is InChI=1S/C13H21NO4/c1-11(2,3)9-12(17-5)7-6-8-13(12,18-14-9)10(15)16-4/h6-8H2,1-5H3. The minimum Gasteiger partial charge on any atom is -0.466 e. The van der Waals surface area contributed by atoms with Crippen molar-refractivity contribution in [3.05, 3.63) is 0 Å². The molecule has 1 aliphatic carbocycles. The Bertz CT molecular complexity index is 398. The minimum absolute atomic E-state index is 0.212. The molecule has 1 fully saturated rings. The molecule has 0 amide bonds. The fourth-order valence-corrected chi connectivity index (χ4v) is 3.19. The van der Waals surface area contributed by atoms with Gasteiger partial charge in [0.2, 0.25) is 0 Å². The molecular weight excluding hydrogens is 234 g/mol. The van der Waals surface area contributed by atoms with Crippen molar-refractivity contribution in [2.75, 3.05) is 14.2 Å². The van der Waals surface area contributed by atoms with E-state index in [1.807, 2.05) is 20.8 Å². The van der Waals surface area contributed by atoms with Crippen molar-refractivity contribution in [2.45, 2.75) is 51.2 Å². The van der Waals surface area contributed by atoms with Crippen LogP contribution in [0.2, 0.25) is 0 Å². The second-order valence-corrected chi connectivity index (χ2v) is 5.98. The lowest BCUT2D eigenvalue weighted by atomic mass is 9.72. The van der Waals surface area contributed by atoms with E-state index in [2.05, 4.69) is 5.16 Å². The molecule has 2 rings (SSSR count). The molecule has 0 bridgehead atoms. The Morgan fingerprint density at radius 2 is 2.00 bits per heavy atom. The van der Waals surface area contributed by atoms with E-state index >= 15 is 0 Å². The number of carbonyl (C=O) groups is 1. The third kappa shape index (κ3) is 1.43. The van der Waals surface area contributed by atoms with Crippen LogP contribution in [0.4, 0.5) is 0 Å². The molecule has 5 nitrogen and oxygen atoms in total. The van der Waals surface area contributed by atoms with Crippen molar-refractivity contribution < 1.29 is 19.1 Å². The number of rotatable bonds is 2. The van der Waals surface area contributed by atoms with E-state index in [1.165, 1.54) is 7.11 Å². The number of fused-ring (bicyclic) bond motifs is 1. The molecule has 1 aliphatic heterocycles. The van der Waals surface area contributed by atoms with Gasteiger partial charge in [-0.05, 0) is 12.8 Å². The van der Waals surface area contributed by atoms with Gasteiger partial charge in [-0.2, -0.15) is 0 Å². The summed E-state index contributed by atoms with van der Waals surface area (Å²) in [7, 11) is 2.98. The first-order chi connectivity index (χ1) is 8.34. The van der Waals surface area contributed by atoms with Crippen molar-refractivity contribution in [2.24, 2.45) is 10.6 Å². The maximum atomic E-state index is 12.2. The molecule has 0 aromatic heterocycles. The van der Waals surface area contributed by atoms with E-state index in [0.29, 0.717) is 6.42 Å². The molecule has 0 aromatic carbocycles. The van der Waals surface area contributed by atoms with Gasteiger partial charge in [-0.15, -0.1) is 0 Å². The lowest BCUT2D eigenvalue weighted by Gasteiger charge is -2.38. The van der Waals surface area contributed by atoms with E-state index in [9.17, 15) is 4.79 Å². The number of esters is 1. The first-order valence-corrected chi connectivity index (χ1v) is 6.25. The van der Waals surface area contributed by atoms with E-state index < -0.39 is 17.2 Å². The van der Waals surface area contributed by atoms with Gasteiger partial charge >= 0.3 is 5.97 Å². The summed E-state index contributed by atoms with van der Waals surface area (Å²) >= 11 is 0. The average molecular weight is 255 g/mol. The van der Waals surface area contributed by atoms with Crippen LogP contribution in [0.5, 0.6) is 0 Å². The average Bonchev–Trinajstić information content (AvgIpc) is 2.80. The second kappa shape index (κ2) is 3.95. The number of methoxy groups -OCH3 is 2. The summed E-state index contributed by atoms with van der Waals surface area (Å²) < 4.78 is 10.6. The lowest BCUT2D eigenvalue weighted by molar-refractivity contribution is -0.186. The van der Waals surface area contributed by atoms with Gasteiger partial charge < -0.3 is 14.3 Å². The first kappa shape index (κ1) is 13.3. The summed E-state index contributed by atoms with van der Waals surface area (Å²) in [5.74, 6) is -0.398. The molecule has 1 saturated carbocycles. The predicted octanol–water partition coefficient (Wildman–Crippen LogP) is 1.90. The zero-order chi connectivity index (χ0) is 13.6. The van der Waals surface area contributed by atoms with E-state index in [1.54, 1.807) is 7.11 Å². The van der Waals surface area contributed by atoms with Crippen LogP contribution in [0.15, 0.2) is 5.16 Å².